The van der Waals surface area contributed by atoms with Gasteiger partial charge >= 0.3 is 12.2 Å². The van der Waals surface area contributed by atoms with Gasteiger partial charge in [0.1, 0.15) is 6.04 Å². The van der Waals surface area contributed by atoms with Crippen LogP contribution in [0.15, 0.2) is 0 Å². The van der Waals surface area contributed by atoms with E-state index in [4.69, 9.17) is 15.0 Å². The highest BCUT2D eigenvalue weighted by Crippen LogP contribution is 2.11. The molecule has 1 atom stereocenters. The number of rotatable bonds is 8. The molecule has 1 aliphatic rings. The van der Waals surface area contributed by atoms with Crippen molar-refractivity contribution < 1.29 is 28.6 Å². The molecule has 1 fully saturated rings. The van der Waals surface area contributed by atoms with E-state index < -0.39 is 17.8 Å². The first kappa shape index (κ1) is 17.0. The highest BCUT2D eigenvalue weighted by molar-refractivity contribution is 6.25. The molecule has 0 aromatic carbocycles. The topological polar surface area (TPSA) is 118 Å². The first-order valence-electron chi connectivity index (χ1n) is 6.73. The van der Waals surface area contributed by atoms with Gasteiger partial charge in [0.15, 0.2) is 0 Å². The summed E-state index contributed by atoms with van der Waals surface area (Å²) in [6.45, 7) is 4.04. The van der Waals surface area contributed by atoms with Crippen LogP contribution in [-0.2, 0) is 23.9 Å². The minimum atomic E-state index is -0.906. The van der Waals surface area contributed by atoms with Crippen LogP contribution >= 0.6 is 0 Å². The number of esters is 1. The maximum atomic E-state index is 11.9. The van der Waals surface area contributed by atoms with Gasteiger partial charge < -0.3 is 20.3 Å². The van der Waals surface area contributed by atoms with Gasteiger partial charge in [-0.25, -0.2) is 4.79 Å². The molecule has 8 nitrogen and oxygen atoms in total. The number of amides is 1. The maximum absolute atomic E-state index is 11.9. The molecule has 1 heterocycles. The molecule has 0 aromatic rings. The normalized spacial score (nSPS) is 15.6. The molecule has 0 aromatic heterocycles. The van der Waals surface area contributed by atoms with Crippen molar-refractivity contribution in [3.63, 3.8) is 0 Å². The van der Waals surface area contributed by atoms with Crippen LogP contribution in [0.1, 0.15) is 26.7 Å². The van der Waals surface area contributed by atoms with E-state index in [9.17, 15) is 14.4 Å². The van der Waals surface area contributed by atoms with Gasteiger partial charge in [0, 0.05) is 6.42 Å². The lowest BCUT2D eigenvalue weighted by atomic mass is 10.0. The molecule has 116 valence electrons. The summed E-state index contributed by atoms with van der Waals surface area (Å²) >= 11 is 0. The molecule has 8 heteroatoms. The number of hydrogen-bond donors (Lipinski definition) is 1. The number of nitrogens with zero attached hydrogens (tertiary/aromatic N) is 2. The average molecular weight is 297 g/mol. The fourth-order valence-electron chi connectivity index (χ4n) is 1.66. The van der Waals surface area contributed by atoms with Crippen LogP contribution in [0, 0.1) is 5.92 Å². The van der Waals surface area contributed by atoms with Gasteiger partial charge in [-0.3, -0.25) is 9.59 Å². The Labute approximate surface area is 122 Å². The van der Waals surface area contributed by atoms with Gasteiger partial charge in [-0.05, 0) is 20.3 Å². The van der Waals surface area contributed by atoms with Crippen molar-refractivity contribution in [3.8, 4) is 0 Å². The van der Waals surface area contributed by atoms with Gasteiger partial charge in [0.05, 0.1) is 25.2 Å². The monoisotopic (exact) mass is 297 g/mol. The first-order valence-corrected chi connectivity index (χ1v) is 6.73. The summed E-state index contributed by atoms with van der Waals surface area (Å²) in [6.07, 6.45) is 0.476. The highest BCUT2D eigenvalue weighted by atomic mass is 16.5. The summed E-state index contributed by atoms with van der Waals surface area (Å²) in [5, 5.41) is 2.57. The molecule has 1 aliphatic heterocycles. The molecule has 0 spiro atoms. The van der Waals surface area contributed by atoms with Crippen molar-refractivity contribution in [3.05, 3.63) is 5.53 Å². The molecule has 21 heavy (non-hydrogen) atoms. The van der Waals surface area contributed by atoms with Crippen LogP contribution in [-0.4, -0.2) is 54.0 Å². The Morgan fingerprint density at radius 2 is 2.10 bits per heavy atom. The predicted molar refractivity (Wildman–Crippen MR) is 71.4 cm³/mol. The van der Waals surface area contributed by atoms with Crippen molar-refractivity contribution >= 4 is 23.9 Å². The summed E-state index contributed by atoms with van der Waals surface area (Å²) in [6, 6.07) is -0.906. The van der Waals surface area contributed by atoms with Crippen LogP contribution in [0.4, 0.5) is 0 Å². The van der Waals surface area contributed by atoms with Crippen molar-refractivity contribution in [2.75, 3.05) is 13.2 Å². The van der Waals surface area contributed by atoms with Crippen molar-refractivity contribution in [1.82, 2.24) is 5.32 Å². The molecule has 1 rings (SSSR count). The number of hydrogen-bond acceptors (Lipinski definition) is 5. The summed E-state index contributed by atoms with van der Waals surface area (Å²) in [4.78, 5) is 37.7. The van der Waals surface area contributed by atoms with Gasteiger partial charge in [0.2, 0.25) is 11.7 Å². The lowest BCUT2D eigenvalue weighted by Crippen LogP contribution is -2.49. The average Bonchev–Trinajstić information content (AvgIpc) is 2.31. The second-order valence-electron chi connectivity index (χ2n) is 5.03. The minimum Gasteiger partial charge on any atom is -0.461 e. The number of ketones is 1. The van der Waals surface area contributed by atoms with Crippen molar-refractivity contribution in [1.29, 1.82) is 0 Å². The smallest absolute Gasteiger partial charge is 0.328 e. The molecule has 0 unspecified atom stereocenters. The minimum absolute atomic E-state index is 0.0383. The van der Waals surface area contributed by atoms with Crippen molar-refractivity contribution in [2.45, 2.75) is 38.8 Å². The van der Waals surface area contributed by atoms with E-state index in [-0.39, 0.29) is 30.8 Å². The van der Waals surface area contributed by atoms with Crippen molar-refractivity contribution in [2.24, 2.45) is 5.92 Å². The van der Waals surface area contributed by atoms with Gasteiger partial charge in [-0.15, -0.1) is 0 Å². The molecular weight excluding hydrogens is 278 g/mol. The SMILES string of the molecule is CC(C)OC(=O)[C@H](CCC(=O)C=[N+]=[N-])NC(=O)C1COC1. The van der Waals surface area contributed by atoms with Crippen LogP contribution in [0.5, 0.6) is 0 Å². The zero-order valence-corrected chi connectivity index (χ0v) is 12.1. The van der Waals surface area contributed by atoms with Gasteiger partial charge in [0.25, 0.3) is 0 Å². The van der Waals surface area contributed by atoms with Crippen LogP contribution in [0.25, 0.3) is 5.53 Å². The highest BCUT2D eigenvalue weighted by Gasteiger charge is 2.31. The zero-order chi connectivity index (χ0) is 15.8. The van der Waals surface area contributed by atoms with E-state index in [1.807, 2.05) is 0 Å². The summed E-state index contributed by atoms with van der Waals surface area (Å²) < 4.78 is 9.97. The maximum Gasteiger partial charge on any atom is 0.328 e. The quantitative estimate of drug-likeness (QED) is 0.286. The fraction of sp³-hybridized carbons (Fsp3) is 0.692. The lowest BCUT2D eigenvalue weighted by Gasteiger charge is -2.27. The Kier molecular flexibility index (Phi) is 6.71. The summed E-state index contributed by atoms with van der Waals surface area (Å²) in [5.74, 6) is -1.60. The molecule has 0 bridgehead atoms. The third-order valence-corrected chi connectivity index (χ3v) is 2.84. The molecule has 1 amide bonds. The lowest BCUT2D eigenvalue weighted by molar-refractivity contribution is -0.154. The second-order valence-corrected chi connectivity index (χ2v) is 5.03. The zero-order valence-electron chi connectivity index (χ0n) is 12.1. The molecule has 0 radical (unpaired) electrons. The molecule has 0 aliphatic carbocycles. The Hall–Kier alpha value is -2.05. The fourth-order valence-corrected chi connectivity index (χ4v) is 1.66. The van der Waals surface area contributed by atoms with Crippen LogP contribution in [0.2, 0.25) is 0 Å². The third kappa shape index (κ3) is 5.85. The van der Waals surface area contributed by atoms with E-state index in [1.165, 1.54) is 0 Å². The Balaban J connectivity index is 2.59. The first-order chi connectivity index (χ1) is 9.93. The molecular formula is C13H19N3O5. The molecule has 1 N–H and O–H groups in total. The predicted octanol–water partition coefficient (Wildman–Crippen LogP) is -0.281. The number of Topliss-reactive ketones (excluding diaryl/α,β-unsaturated/α-hetero) is 1. The van der Waals surface area contributed by atoms with E-state index >= 15 is 0 Å². The standard InChI is InChI=1S/C13H19N3O5/c1-8(2)21-13(19)11(4-3-10(17)5-15-14)16-12(18)9-6-20-7-9/h5,8-9,11H,3-4,6-7H2,1-2H3,(H,16,18)/t11-/m0/s1. The number of ether oxygens (including phenoxy) is 2. The number of carbonyl (C=O) groups is 3. The van der Waals surface area contributed by atoms with E-state index in [1.54, 1.807) is 13.8 Å². The largest absolute Gasteiger partial charge is 0.461 e. The van der Waals surface area contributed by atoms with E-state index in [0.29, 0.717) is 13.2 Å². The summed E-state index contributed by atoms with van der Waals surface area (Å²) in [7, 11) is 0. The Morgan fingerprint density at radius 1 is 1.43 bits per heavy atom. The molecule has 0 saturated carbocycles. The molecule has 1 saturated heterocycles. The Bertz CT molecular complexity index is 453. The van der Waals surface area contributed by atoms with E-state index in [2.05, 4.69) is 10.1 Å². The van der Waals surface area contributed by atoms with Gasteiger partial charge in [-0.2, -0.15) is 4.79 Å². The van der Waals surface area contributed by atoms with Crippen LogP contribution < -0.4 is 5.32 Å². The summed E-state index contributed by atoms with van der Waals surface area (Å²) in [5.41, 5.74) is 8.26. The van der Waals surface area contributed by atoms with Crippen LogP contribution in [0.3, 0.4) is 0 Å². The van der Waals surface area contributed by atoms with Gasteiger partial charge in [-0.1, -0.05) is 0 Å². The third-order valence-electron chi connectivity index (χ3n) is 2.84. The van der Waals surface area contributed by atoms with E-state index in [0.717, 1.165) is 6.21 Å². The second kappa shape index (κ2) is 8.28. The Morgan fingerprint density at radius 3 is 2.57 bits per heavy atom. The number of nitrogens with one attached hydrogen (secondary N) is 1. The number of carbonyl (C=O) groups excluding carboxylic acids is 3.